The van der Waals surface area contributed by atoms with Crippen LogP contribution in [0.15, 0.2) is 24.3 Å². The van der Waals surface area contributed by atoms with Crippen LogP contribution in [0.3, 0.4) is 0 Å². The lowest BCUT2D eigenvalue weighted by molar-refractivity contribution is 0.0338. The van der Waals surface area contributed by atoms with E-state index >= 15 is 0 Å². The highest BCUT2D eigenvalue weighted by atomic mass is 16.5. The Morgan fingerprint density at radius 2 is 1.86 bits per heavy atom. The third kappa shape index (κ3) is 4.03. The monoisotopic (exact) mass is 291 g/mol. The molecule has 0 unspecified atom stereocenters. The summed E-state index contributed by atoms with van der Waals surface area (Å²) in [6.07, 6.45) is 0. The van der Waals surface area contributed by atoms with Crippen LogP contribution in [-0.2, 0) is 4.74 Å². The van der Waals surface area contributed by atoms with E-state index in [1.54, 1.807) is 36.2 Å². The molecule has 1 aromatic rings. The van der Waals surface area contributed by atoms with E-state index in [4.69, 9.17) is 10.5 Å². The zero-order valence-corrected chi connectivity index (χ0v) is 12.2. The van der Waals surface area contributed by atoms with E-state index < -0.39 is 5.91 Å². The average molecular weight is 291 g/mol. The van der Waals surface area contributed by atoms with Crippen molar-refractivity contribution in [3.63, 3.8) is 0 Å². The number of benzene rings is 1. The van der Waals surface area contributed by atoms with Gasteiger partial charge in [-0.05, 0) is 12.1 Å². The highest BCUT2D eigenvalue weighted by Gasteiger charge is 2.19. The molecule has 0 bridgehead atoms. The predicted octanol–water partition coefficient (Wildman–Crippen LogP) is 0.190. The van der Waals surface area contributed by atoms with Crippen molar-refractivity contribution in [1.29, 1.82) is 0 Å². The first kappa shape index (κ1) is 15.5. The van der Waals surface area contributed by atoms with Crippen LogP contribution in [0.1, 0.15) is 20.7 Å². The minimum Gasteiger partial charge on any atom is -0.379 e. The fraction of sp³-hybridized carbons (Fsp3) is 0.467. The number of hydrogen-bond acceptors (Lipinski definition) is 4. The van der Waals surface area contributed by atoms with Gasteiger partial charge in [0.2, 0.25) is 5.91 Å². The van der Waals surface area contributed by atoms with Crippen molar-refractivity contribution in [1.82, 2.24) is 9.80 Å². The summed E-state index contributed by atoms with van der Waals surface area (Å²) < 4.78 is 5.29. The number of morpholine rings is 1. The van der Waals surface area contributed by atoms with Crippen LogP contribution in [0.4, 0.5) is 0 Å². The number of hydrogen-bond donors (Lipinski definition) is 1. The van der Waals surface area contributed by atoms with Crippen LogP contribution >= 0.6 is 0 Å². The molecule has 1 aliphatic rings. The molecule has 0 radical (unpaired) electrons. The van der Waals surface area contributed by atoms with Gasteiger partial charge in [-0.2, -0.15) is 0 Å². The summed E-state index contributed by atoms with van der Waals surface area (Å²) in [4.78, 5) is 27.7. The van der Waals surface area contributed by atoms with E-state index in [-0.39, 0.29) is 11.5 Å². The Morgan fingerprint density at radius 3 is 2.48 bits per heavy atom. The van der Waals surface area contributed by atoms with Crippen LogP contribution in [0.5, 0.6) is 0 Å². The first-order chi connectivity index (χ1) is 10.1. The lowest BCUT2D eigenvalue weighted by atomic mass is 10.1. The van der Waals surface area contributed by atoms with E-state index in [2.05, 4.69) is 4.90 Å². The van der Waals surface area contributed by atoms with Gasteiger partial charge in [0.1, 0.15) is 0 Å². The predicted molar refractivity (Wildman–Crippen MR) is 79.2 cm³/mol. The molecule has 2 rings (SSSR count). The molecule has 0 atom stereocenters. The molecule has 0 spiro atoms. The first-order valence-electron chi connectivity index (χ1n) is 7.04. The lowest BCUT2D eigenvalue weighted by Gasteiger charge is -2.28. The Balaban J connectivity index is 1.97. The molecule has 1 aliphatic heterocycles. The quantitative estimate of drug-likeness (QED) is 0.840. The molecule has 6 nitrogen and oxygen atoms in total. The summed E-state index contributed by atoms with van der Waals surface area (Å²) in [6.45, 7) is 4.65. The van der Waals surface area contributed by atoms with E-state index in [9.17, 15) is 9.59 Å². The van der Waals surface area contributed by atoms with Crippen LogP contribution < -0.4 is 5.73 Å². The van der Waals surface area contributed by atoms with Crippen LogP contribution in [-0.4, -0.2) is 68.1 Å². The average Bonchev–Trinajstić information content (AvgIpc) is 2.52. The number of amides is 2. The Kier molecular flexibility index (Phi) is 5.30. The summed E-state index contributed by atoms with van der Waals surface area (Å²) in [5, 5.41) is 0. The molecule has 1 fully saturated rings. The molecule has 1 saturated heterocycles. The number of rotatable bonds is 5. The van der Waals surface area contributed by atoms with E-state index in [1.807, 2.05) is 0 Å². The molecule has 0 saturated carbocycles. The molecule has 1 aromatic carbocycles. The molecule has 0 aromatic heterocycles. The van der Waals surface area contributed by atoms with Gasteiger partial charge in [0, 0.05) is 33.2 Å². The summed E-state index contributed by atoms with van der Waals surface area (Å²) in [6, 6.07) is 6.64. The summed E-state index contributed by atoms with van der Waals surface area (Å²) >= 11 is 0. The number of nitrogens with zero attached hydrogens (tertiary/aromatic N) is 2. The summed E-state index contributed by atoms with van der Waals surface area (Å²) in [7, 11) is 1.74. The Labute approximate surface area is 124 Å². The van der Waals surface area contributed by atoms with Crippen molar-refractivity contribution in [2.75, 3.05) is 46.4 Å². The van der Waals surface area contributed by atoms with Crippen LogP contribution in [0.25, 0.3) is 0 Å². The standard InChI is InChI=1S/C15H21N3O3/c1-17(6-7-18-8-10-21-11-9-18)15(20)13-5-3-2-4-12(13)14(16)19/h2-5H,6-11H2,1H3,(H2,16,19). The maximum absolute atomic E-state index is 12.4. The minimum atomic E-state index is -0.583. The number of likely N-dealkylation sites (N-methyl/N-ethyl adjacent to an activating group) is 1. The third-order valence-electron chi connectivity index (χ3n) is 3.62. The Morgan fingerprint density at radius 1 is 1.24 bits per heavy atom. The SMILES string of the molecule is CN(CCN1CCOCC1)C(=O)c1ccccc1C(N)=O. The van der Waals surface area contributed by atoms with Gasteiger partial charge in [-0.15, -0.1) is 0 Å². The van der Waals surface area contributed by atoms with Gasteiger partial charge < -0.3 is 15.4 Å². The van der Waals surface area contributed by atoms with Crippen molar-refractivity contribution in [3.8, 4) is 0 Å². The van der Waals surface area contributed by atoms with Crippen molar-refractivity contribution in [2.24, 2.45) is 5.73 Å². The topological polar surface area (TPSA) is 75.9 Å². The largest absolute Gasteiger partial charge is 0.379 e. The molecule has 2 amide bonds. The van der Waals surface area contributed by atoms with Crippen molar-refractivity contribution >= 4 is 11.8 Å². The second-order valence-electron chi connectivity index (χ2n) is 5.09. The number of carbonyl (C=O) groups excluding carboxylic acids is 2. The third-order valence-corrected chi connectivity index (χ3v) is 3.62. The van der Waals surface area contributed by atoms with E-state index in [0.717, 1.165) is 32.8 Å². The van der Waals surface area contributed by atoms with E-state index in [1.165, 1.54) is 0 Å². The highest BCUT2D eigenvalue weighted by molar-refractivity contribution is 6.06. The van der Waals surface area contributed by atoms with Gasteiger partial charge in [0.15, 0.2) is 0 Å². The maximum Gasteiger partial charge on any atom is 0.254 e. The van der Waals surface area contributed by atoms with Gasteiger partial charge in [0.05, 0.1) is 24.3 Å². The van der Waals surface area contributed by atoms with E-state index in [0.29, 0.717) is 12.1 Å². The number of nitrogens with two attached hydrogens (primary N) is 1. The van der Waals surface area contributed by atoms with Crippen LogP contribution in [0.2, 0.25) is 0 Å². The molecule has 21 heavy (non-hydrogen) atoms. The molecule has 1 heterocycles. The molecular weight excluding hydrogens is 270 g/mol. The second-order valence-corrected chi connectivity index (χ2v) is 5.09. The summed E-state index contributed by atoms with van der Waals surface area (Å²) in [5.74, 6) is -0.766. The fourth-order valence-electron chi connectivity index (χ4n) is 2.31. The normalized spacial score (nSPS) is 15.7. The lowest BCUT2D eigenvalue weighted by Crippen LogP contribution is -2.42. The Hall–Kier alpha value is -1.92. The molecule has 2 N–H and O–H groups in total. The van der Waals surface area contributed by atoms with Gasteiger partial charge >= 0.3 is 0 Å². The van der Waals surface area contributed by atoms with Crippen molar-refractivity contribution < 1.29 is 14.3 Å². The van der Waals surface area contributed by atoms with Gasteiger partial charge in [-0.3, -0.25) is 14.5 Å². The first-order valence-corrected chi connectivity index (χ1v) is 7.04. The maximum atomic E-state index is 12.4. The zero-order valence-electron chi connectivity index (χ0n) is 12.2. The highest BCUT2D eigenvalue weighted by Crippen LogP contribution is 2.11. The Bertz CT molecular complexity index is 513. The molecule has 6 heteroatoms. The molecule has 0 aliphatic carbocycles. The fourth-order valence-corrected chi connectivity index (χ4v) is 2.31. The second kappa shape index (κ2) is 7.19. The van der Waals surface area contributed by atoms with Gasteiger partial charge in [0.25, 0.3) is 5.91 Å². The van der Waals surface area contributed by atoms with Crippen molar-refractivity contribution in [2.45, 2.75) is 0 Å². The molecular formula is C15H21N3O3. The van der Waals surface area contributed by atoms with Gasteiger partial charge in [-0.1, -0.05) is 12.1 Å². The molecule has 114 valence electrons. The van der Waals surface area contributed by atoms with Gasteiger partial charge in [-0.25, -0.2) is 0 Å². The summed E-state index contributed by atoms with van der Waals surface area (Å²) in [5.41, 5.74) is 5.93. The minimum absolute atomic E-state index is 0.183. The van der Waals surface area contributed by atoms with Crippen molar-refractivity contribution in [3.05, 3.63) is 35.4 Å². The smallest absolute Gasteiger partial charge is 0.254 e. The zero-order chi connectivity index (χ0) is 15.2. The number of ether oxygens (including phenoxy) is 1. The number of primary amides is 1. The number of carbonyl (C=O) groups is 2. The van der Waals surface area contributed by atoms with Crippen LogP contribution in [0, 0.1) is 0 Å².